The van der Waals surface area contributed by atoms with E-state index in [-0.39, 0.29) is 11.2 Å². The van der Waals surface area contributed by atoms with E-state index in [2.05, 4.69) is 74.5 Å². The number of aryl methyl sites for hydroxylation is 1. The number of aromatic nitrogens is 1. The van der Waals surface area contributed by atoms with Gasteiger partial charge in [-0.2, -0.15) is 0 Å². The lowest BCUT2D eigenvalue weighted by atomic mass is 9.52. The maximum absolute atomic E-state index is 6.52. The smallest absolute Gasteiger partial charge is 0.169 e. The van der Waals surface area contributed by atoms with Crippen molar-refractivity contribution in [1.82, 2.24) is 4.98 Å². The molecule has 1 aromatic heterocycles. The molecule has 7 rings (SSSR count). The Kier molecular flexibility index (Phi) is 6.49. The van der Waals surface area contributed by atoms with Crippen LogP contribution in [0, 0.1) is 35.5 Å². The van der Waals surface area contributed by atoms with Crippen molar-refractivity contribution < 1.29 is 9.47 Å². The van der Waals surface area contributed by atoms with E-state index in [9.17, 15) is 0 Å². The van der Waals surface area contributed by atoms with Crippen molar-refractivity contribution >= 4 is 23.5 Å². The number of hydrogen-bond donors (Lipinski definition) is 0. The summed E-state index contributed by atoms with van der Waals surface area (Å²) in [4.78, 5) is 4.58. The molecule has 5 unspecified atom stereocenters. The molecule has 0 N–H and O–H groups in total. The number of rotatable bonds is 3. The average molecular weight is 544 g/mol. The van der Waals surface area contributed by atoms with Crippen LogP contribution in [0.5, 0.6) is 0 Å². The van der Waals surface area contributed by atoms with E-state index >= 15 is 0 Å². The Balaban J connectivity index is 1.19. The summed E-state index contributed by atoms with van der Waals surface area (Å²) in [7, 11) is 0. The first kappa shape index (κ1) is 26.2. The Morgan fingerprint density at radius 2 is 1.74 bits per heavy atom. The summed E-state index contributed by atoms with van der Waals surface area (Å²) >= 11 is 1.71. The van der Waals surface area contributed by atoms with Gasteiger partial charge in [0.25, 0.3) is 0 Å². The van der Waals surface area contributed by atoms with Gasteiger partial charge in [-0.3, -0.25) is 0 Å². The molecule has 208 valence electrons. The first-order chi connectivity index (χ1) is 18.7. The largest absolute Gasteiger partial charge is 0.349 e. The zero-order valence-electron chi connectivity index (χ0n) is 24.3. The number of hydrogen-bond acceptors (Lipinski definition) is 4. The minimum absolute atomic E-state index is 0.129. The summed E-state index contributed by atoms with van der Waals surface area (Å²) in [6.07, 6.45) is 15.8. The zero-order chi connectivity index (χ0) is 26.8. The monoisotopic (exact) mass is 543 g/mol. The van der Waals surface area contributed by atoms with Gasteiger partial charge in [0.1, 0.15) is 0 Å². The molecule has 1 spiro atoms. The molecular weight excluding hydrogens is 498 g/mol. The van der Waals surface area contributed by atoms with Gasteiger partial charge in [-0.1, -0.05) is 68.7 Å². The summed E-state index contributed by atoms with van der Waals surface area (Å²) in [6, 6.07) is 9.53. The molecule has 1 aliphatic heterocycles. The predicted octanol–water partition coefficient (Wildman–Crippen LogP) is 9.19. The topological polar surface area (TPSA) is 31.4 Å². The lowest BCUT2D eigenvalue weighted by Crippen LogP contribution is -2.51. The van der Waals surface area contributed by atoms with Crippen molar-refractivity contribution in [1.29, 1.82) is 0 Å². The van der Waals surface area contributed by atoms with Crippen LogP contribution in [0.3, 0.4) is 0 Å². The molecule has 2 heterocycles. The van der Waals surface area contributed by atoms with E-state index in [4.69, 9.17) is 9.47 Å². The molecule has 4 fully saturated rings. The van der Waals surface area contributed by atoms with E-state index in [0.717, 1.165) is 55.0 Å². The predicted molar refractivity (Wildman–Crippen MR) is 161 cm³/mol. The van der Waals surface area contributed by atoms with Crippen LogP contribution in [0.2, 0.25) is 0 Å². The quantitative estimate of drug-likeness (QED) is 0.362. The highest BCUT2D eigenvalue weighted by molar-refractivity contribution is 7.09. The van der Waals surface area contributed by atoms with Crippen LogP contribution in [0.1, 0.15) is 106 Å². The van der Waals surface area contributed by atoms with Gasteiger partial charge in [0.15, 0.2) is 5.79 Å². The minimum atomic E-state index is -0.340. The standard InChI is InChI=1S/C35H45NO2S/c1-23-36-27(20-39-23)13-9-24-7-10-25(11-8-24)30-19-34(4)16-5-6-31(34)29-14-12-26-18-35(17-15-28(26)32(29)30)37-21-33(2,3)22-38-35/h7-11,13,20,26,29-31H,5-6,12,14-19,21-22H2,1-4H3/b13-9+. The number of allylic oxidation sites excluding steroid dienone is 2. The first-order valence-corrected chi connectivity index (χ1v) is 16.3. The normalized spacial score (nSPS) is 35.2. The third kappa shape index (κ3) is 4.79. The third-order valence-electron chi connectivity index (χ3n) is 11.0. The van der Waals surface area contributed by atoms with Gasteiger partial charge >= 0.3 is 0 Å². The van der Waals surface area contributed by atoms with Gasteiger partial charge in [0.05, 0.1) is 23.9 Å². The van der Waals surface area contributed by atoms with Crippen molar-refractivity contribution in [3.8, 4) is 0 Å². The van der Waals surface area contributed by atoms with E-state index in [1.54, 1.807) is 16.9 Å². The summed E-state index contributed by atoms with van der Waals surface area (Å²) in [6.45, 7) is 10.8. The lowest BCUT2D eigenvalue weighted by molar-refractivity contribution is -0.312. The van der Waals surface area contributed by atoms with E-state index < -0.39 is 0 Å². The molecule has 3 saturated carbocycles. The minimum Gasteiger partial charge on any atom is -0.349 e. The van der Waals surface area contributed by atoms with Crippen molar-refractivity contribution in [2.75, 3.05) is 13.2 Å². The molecule has 4 aliphatic carbocycles. The highest BCUT2D eigenvalue weighted by atomic mass is 32.1. The lowest BCUT2D eigenvalue weighted by Gasteiger charge is -2.54. The number of benzene rings is 1. The second-order valence-corrected chi connectivity index (χ2v) is 15.5. The van der Waals surface area contributed by atoms with Crippen LogP contribution in [-0.4, -0.2) is 24.0 Å². The van der Waals surface area contributed by atoms with Crippen molar-refractivity contribution in [2.24, 2.45) is 28.6 Å². The maximum Gasteiger partial charge on any atom is 0.169 e. The Morgan fingerprint density at radius 3 is 2.49 bits per heavy atom. The highest BCUT2D eigenvalue weighted by Crippen LogP contribution is 2.65. The molecule has 0 amide bonds. The zero-order valence-corrected chi connectivity index (χ0v) is 25.1. The maximum atomic E-state index is 6.52. The molecular formula is C35H45NO2S. The van der Waals surface area contributed by atoms with E-state index in [0.29, 0.717) is 17.3 Å². The van der Waals surface area contributed by atoms with E-state index in [1.165, 1.54) is 49.7 Å². The second-order valence-electron chi connectivity index (χ2n) is 14.4. The van der Waals surface area contributed by atoms with Gasteiger partial charge in [-0.25, -0.2) is 4.98 Å². The number of thiazole rings is 1. The molecule has 39 heavy (non-hydrogen) atoms. The second kappa shape index (κ2) is 9.67. The molecule has 4 heteroatoms. The molecule has 1 aromatic carbocycles. The van der Waals surface area contributed by atoms with Crippen LogP contribution in [0.15, 0.2) is 40.8 Å². The van der Waals surface area contributed by atoms with Gasteiger partial charge in [-0.15, -0.1) is 11.3 Å². The van der Waals surface area contributed by atoms with Crippen LogP contribution in [0.4, 0.5) is 0 Å². The van der Waals surface area contributed by atoms with Gasteiger partial charge < -0.3 is 9.47 Å². The summed E-state index contributed by atoms with van der Waals surface area (Å²) in [5.74, 6) is 2.50. The van der Waals surface area contributed by atoms with Gasteiger partial charge in [0.2, 0.25) is 0 Å². The molecule has 2 aromatic rings. The van der Waals surface area contributed by atoms with Crippen LogP contribution in [-0.2, 0) is 9.47 Å². The Bertz CT molecular complexity index is 1280. The number of nitrogens with zero attached hydrogens (tertiary/aromatic N) is 1. The third-order valence-corrected chi connectivity index (χ3v) is 11.8. The molecule has 0 bridgehead atoms. The van der Waals surface area contributed by atoms with Crippen LogP contribution >= 0.6 is 11.3 Å². The highest BCUT2D eigenvalue weighted by Gasteiger charge is 2.55. The molecule has 0 radical (unpaired) electrons. The fourth-order valence-corrected chi connectivity index (χ4v) is 9.59. The van der Waals surface area contributed by atoms with Crippen molar-refractivity contribution in [2.45, 2.75) is 97.2 Å². The van der Waals surface area contributed by atoms with E-state index in [1.807, 2.05) is 5.57 Å². The molecule has 1 saturated heterocycles. The fourth-order valence-electron chi connectivity index (χ4n) is 9.01. The summed E-state index contributed by atoms with van der Waals surface area (Å²) in [5, 5.41) is 3.25. The molecule has 5 atom stereocenters. The van der Waals surface area contributed by atoms with Gasteiger partial charge in [0, 0.05) is 29.6 Å². The molecule has 3 nitrogen and oxygen atoms in total. The Labute approximate surface area is 239 Å². The fraction of sp³-hybridized carbons (Fsp3) is 0.629. The average Bonchev–Trinajstić information content (AvgIpc) is 3.54. The number of fused-ring (bicyclic) bond motifs is 4. The van der Waals surface area contributed by atoms with Gasteiger partial charge in [-0.05, 0) is 85.8 Å². The molecule has 5 aliphatic rings. The summed E-state index contributed by atoms with van der Waals surface area (Å²) in [5.41, 5.74) is 8.12. The Morgan fingerprint density at radius 1 is 0.949 bits per heavy atom. The number of ether oxygens (including phenoxy) is 2. The van der Waals surface area contributed by atoms with Crippen molar-refractivity contribution in [3.63, 3.8) is 0 Å². The van der Waals surface area contributed by atoms with Crippen LogP contribution < -0.4 is 0 Å². The SMILES string of the molecule is Cc1nc(/C=C/c2ccc(C3CC4(C)CCCC4C4CCC5CC6(CCC5=C34)OCC(C)(C)CO6)cc2)cs1. The Hall–Kier alpha value is -1.75. The first-order valence-electron chi connectivity index (χ1n) is 15.4. The summed E-state index contributed by atoms with van der Waals surface area (Å²) < 4.78 is 13.0. The van der Waals surface area contributed by atoms with Crippen LogP contribution in [0.25, 0.3) is 12.2 Å². The van der Waals surface area contributed by atoms with Crippen molar-refractivity contribution in [3.05, 3.63) is 62.6 Å².